The maximum Gasteiger partial charge on any atom is 0.416 e. The van der Waals surface area contributed by atoms with Gasteiger partial charge in [0.05, 0.1) is 5.56 Å². The van der Waals surface area contributed by atoms with Crippen LogP contribution >= 0.6 is 0 Å². The van der Waals surface area contributed by atoms with Crippen molar-refractivity contribution in [3.63, 3.8) is 0 Å². The van der Waals surface area contributed by atoms with Crippen molar-refractivity contribution in [1.82, 2.24) is 0 Å². The molecule has 3 nitrogen and oxygen atoms in total. The van der Waals surface area contributed by atoms with E-state index in [0.717, 1.165) is 12.1 Å². The number of carbonyl (C=O) groups is 1. The summed E-state index contributed by atoms with van der Waals surface area (Å²) in [5.74, 6) is -0.505. The molecule has 2 N–H and O–H groups in total. The minimum atomic E-state index is -4.34. The monoisotopic (exact) mass is 303 g/mol. The van der Waals surface area contributed by atoms with Crippen LogP contribution < -0.4 is 5.73 Å². The Morgan fingerprint density at radius 1 is 1.19 bits per heavy atom. The Morgan fingerprint density at radius 2 is 1.71 bits per heavy atom. The Kier molecular flexibility index (Phi) is 5.39. The highest BCUT2D eigenvalue weighted by Crippen LogP contribution is 2.29. The number of ether oxygens (including phenoxy) is 1. The van der Waals surface area contributed by atoms with Crippen LogP contribution in [-0.2, 0) is 22.1 Å². The summed E-state index contributed by atoms with van der Waals surface area (Å²) in [5, 5.41) is 0. The normalized spacial score (nSPS) is 13.9. The van der Waals surface area contributed by atoms with Crippen LogP contribution in [0.5, 0.6) is 0 Å². The molecule has 0 spiro atoms. The van der Waals surface area contributed by atoms with Crippen molar-refractivity contribution in [3.8, 4) is 0 Å². The second kappa shape index (κ2) is 6.47. The summed E-state index contributed by atoms with van der Waals surface area (Å²) >= 11 is 0. The maximum atomic E-state index is 12.4. The average molecular weight is 303 g/mol. The van der Waals surface area contributed by atoms with Gasteiger partial charge in [-0.2, -0.15) is 13.2 Å². The summed E-state index contributed by atoms with van der Waals surface area (Å²) < 4.78 is 42.4. The molecule has 0 saturated carbocycles. The van der Waals surface area contributed by atoms with Crippen molar-refractivity contribution in [2.24, 2.45) is 5.73 Å². The second-order valence-electron chi connectivity index (χ2n) is 5.87. The molecule has 0 saturated heterocycles. The van der Waals surface area contributed by atoms with E-state index in [1.807, 2.05) is 0 Å². The van der Waals surface area contributed by atoms with Crippen LogP contribution in [0, 0.1) is 0 Å². The fourth-order valence-electron chi connectivity index (χ4n) is 1.68. The molecule has 0 radical (unpaired) electrons. The first-order chi connectivity index (χ1) is 9.49. The SMILES string of the molecule is CC(C)(C)OC(=O)C(N)CCc1ccc(C(F)(F)F)cc1. The Morgan fingerprint density at radius 3 is 2.14 bits per heavy atom. The highest BCUT2D eigenvalue weighted by atomic mass is 19.4. The molecular weight excluding hydrogens is 283 g/mol. The van der Waals surface area contributed by atoms with Gasteiger partial charge in [0.1, 0.15) is 11.6 Å². The summed E-state index contributed by atoms with van der Waals surface area (Å²) in [5.41, 5.74) is 5.11. The second-order valence-corrected chi connectivity index (χ2v) is 5.87. The van der Waals surface area contributed by atoms with E-state index < -0.39 is 29.4 Å². The molecule has 0 aromatic heterocycles. The zero-order valence-electron chi connectivity index (χ0n) is 12.3. The average Bonchev–Trinajstić information content (AvgIpc) is 2.33. The van der Waals surface area contributed by atoms with E-state index in [1.54, 1.807) is 20.8 Å². The van der Waals surface area contributed by atoms with Crippen LogP contribution in [0.3, 0.4) is 0 Å². The van der Waals surface area contributed by atoms with Crippen molar-refractivity contribution in [3.05, 3.63) is 35.4 Å². The van der Waals surface area contributed by atoms with E-state index in [0.29, 0.717) is 18.4 Å². The molecule has 6 heteroatoms. The molecule has 1 unspecified atom stereocenters. The fourth-order valence-corrected chi connectivity index (χ4v) is 1.68. The molecule has 0 fully saturated rings. The van der Waals surface area contributed by atoms with Gasteiger partial charge in [-0.25, -0.2) is 0 Å². The van der Waals surface area contributed by atoms with Gasteiger partial charge in [-0.15, -0.1) is 0 Å². The van der Waals surface area contributed by atoms with Gasteiger partial charge < -0.3 is 10.5 Å². The molecule has 0 aliphatic carbocycles. The lowest BCUT2D eigenvalue weighted by Gasteiger charge is -2.22. The van der Waals surface area contributed by atoms with Crippen molar-refractivity contribution in [1.29, 1.82) is 0 Å². The molecule has 21 heavy (non-hydrogen) atoms. The molecule has 0 bridgehead atoms. The van der Waals surface area contributed by atoms with Crippen LogP contribution in [0.1, 0.15) is 38.3 Å². The molecule has 1 atom stereocenters. The standard InChI is InChI=1S/C15H20F3NO2/c1-14(2,3)21-13(20)12(19)9-6-10-4-7-11(8-5-10)15(16,17)18/h4-5,7-8,12H,6,9,19H2,1-3H3. The van der Waals surface area contributed by atoms with Gasteiger partial charge in [0.15, 0.2) is 0 Å². The zero-order chi connectivity index (χ0) is 16.3. The van der Waals surface area contributed by atoms with E-state index in [9.17, 15) is 18.0 Å². The Bertz CT molecular complexity index is 475. The lowest BCUT2D eigenvalue weighted by atomic mass is 10.0. The first kappa shape index (κ1) is 17.5. The third kappa shape index (κ3) is 6.16. The number of aryl methyl sites for hydroxylation is 1. The third-order valence-corrected chi connectivity index (χ3v) is 2.73. The van der Waals surface area contributed by atoms with E-state index in [4.69, 9.17) is 10.5 Å². The topological polar surface area (TPSA) is 52.3 Å². The smallest absolute Gasteiger partial charge is 0.416 e. The molecule has 0 aliphatic rings. The Hall–Kier alpha value is -1.56. The lowest BCUT2D eigenvalue weighted by Crippen LogP contribution is -2.37. The first-order valence-corrected chi connectivity index (χ1v) is 6.63. The molecule has 0 aliphatic heterocycles. The molecule has 1 aromatic rings. The predicted octanol–water partition coefficient (Wildman–Crippen LogP) is 3.31. The quantitative estimate of drug-likeness (QED) is 0.868. The van der Waals surface area contributed by atoms with Gasteiger partial charge >= 0.3 is 12.1 Å². The Balaban J connectivity index is 2.54. The highest BCUT2D eigenvalue weighted by molar-refractivity contribution is 5.75. The number of rotatable bonds is 4. The lowest BCUT2D eigenvalue weighted by molar-refractivity contribution is -0.156. The van der Waals surface area contributed by atoms with Crippen molar-refractivity contribution in [2.45, 2.75) is 51.4 Å². The molecular formula is C15H20F3NO2. The number of alkyl halides is 3. The van der Waals surface area contributed by atoms with Gasteiger partial charge in [0.2, 0.25) is 0 Å². The number of hydrogen-bond donors (Lipinski definition) is 1. The van der Waals surface area contributed by atoms with Crippen molar-refractivity contribution >= 4 is 5.97 Å². The fraction of sp³-hybridized carbons (Fsp3) is 0.533. The number of halogens is 3. The van der Waals surface area contributed by atoms with Gasteiger partial charge in [0.25, 0.3) is 0 Å². The third-order valence-electron chi connectivity index (χ3n) is 2.73. The van der Waals surface area contributed by atoms with Gasteiger partial charge in [-0.1, -0.05) is 12.1 Å². The molecule has 1 aromatic carbocycles. The van der Waals surface area contributed by atoms with E-state index in [-0.39, 0.29) is 0 Å². The van der Waals surface area contributed by atoms with Crippen LogP contribution in [-0.4, -0.2) is 17.6 Å². The van der Waals surface area contributed by atoms with Crippen LogP contribution in [0.25, 0.3) is 0 Å². The highest BCUT2D eigenvalue weighted by Gasteiger charge is 2.30. The molecule has 118 valence electrons. The van der Waals surface area contributed by atoms with E-state index >= 15 is 0 Å². The van der Waals surface area contributed by atoms with Crippen LogP contribution in [0.4, 0.5) is 13.2 Å². The summed E-state index contributed by atoms with van der Waals surface area (Å²) in [6.07, 6.45) is -3.61. The van der Waals surface area contributed by atoms with E-state index in [2.05, 4.69) is 0 Å². The minimum absolute atomic E-state index is 0.320. The number of hydrogen-bond acceptors (Lipinski definition) is 3. The number of nitrogens with two attached hydrogens (primary N) is 1. The van der Waals surface area contributed by atoms with Gasteiger partial charge in [-0.3, -0.25) is 4.79 Å². The first-order valence-electron chi connectivity index (χ1n) is 6.63. The summed E-state index contributed by atoms with van der Waals surface area (Å²) in [6, 6.07) is 4.05. The molecule has 0 heterocycles. The van der Waals surface area contributed by atoms with E-state index in [1.165, 1.54) is 12.1 Å². The summed E-state index contributed by atoms with van der Waals surface area (Å²) in [4.78, 5) is 11.7. The van der Waals surface area contributed by atoms with Crippen molar-refractivity contribution in [2.75, 3.05) is 0 Å². The number of benzene rings is 1. The predicted molar refractivity (Wildman–Crippen MR) is 73.6 cm³/mol. The molecule has 1 rings (SSSR count). The zero-order valence-corrected chi connectivity index (χ0v) is 12.3. The largest absolute Gasteiger partial charge is 0.459 e. The van der Waals surface area contributed by atoms with Crippen molar-refractivity contribution < 1.29 is 22.7 Å². The van der Waals surface area contributed by atoms with Gasteiger partial charge in [-0.05, 0) is 51.3 Å². The van der Waals surface area contributed by atoms with Gasteiger partial charge in [0, 0.05) is 0 Å². The summed E-state index contributed by atoms with van der Waals surface area (Å²) in [6.45, 7) is 5.23. The number of carbonyl (C=O) groups excluding carboxylic acids is 1. The van der Waals surface area contributed by atoms with Crippen LogP contribution in [0.15, 0.2) is 24.3 Å². The number of esters is 1. The van der Waals surface area contributed by atoms with Crippen LogP contribution in [0.2, 0.25) is 0 Å². The minimum Gasteiger partial charge on any atom is -0.459 e. The Labute approximate surface area is 122 Å². The summed E-state index contributed by atoms with van der Waals surface area (Å²) in [7, 11) is 0. The maximum absolute atomic E-state index is 12.4. The molecule has 0 amide bonds.